The molecular weight excluding hydrogens is 394 g/mol. The minimum atomic E-state index is -4.02. The zero-order valence-electron chi connectivity index (χ0n) is 14.4. The number of aryl methyl sites for hydroxylation is 2. The van der Waals surface area contributed by atoms with Crippen LogP contribution in [0.4, 0.5) is 5.69 Å². The van der Waals surface area contributed by atoms with Crippen LogP contribution in [0.15, 0.2) is 20.8 Å². The predicted molar refractivity (Wildman–Crippen MR) is 99.7 cm³/mol. The highest BCUT2D eigenvalue weighted by Gasteiger charge is 2.30. The molecule has 4 rings (SSSR count). The molecule has 1 fully saturated rings. The Morgan fingerprint density at radius 1 is 1.31 bits per heavy atom. The minimum absolute atomic E-state index is 0.272. The van der Waals surface area contributed by atoms with Gasteiger partial charge in [0, 0.05) is 17.9 Å². The molecule has 1 atom stereocenters. The van der Waals surface area contributed by atoms with Gasteiger partial charge in [0.1, 0.15) is 4.21 Å². The van der Waals surface area contributed by atoms with E-state index in [-0.39, 0.29) is 10.9 Å². The van der Waals surface area contributed by atoms with Crippen LogP contribution in [-0.2, 0) is 20.8 Å². The van der Waals surface area contributed by atoms with Crippen molar-refractivity contribution in [2.24, 2.45) is 0 Å². The van der Waals surface area contributed by atoms with Gasteiger partial charge in [-0.3, -0.25) is 8.93 Å². The maximum absolute atomic E-state index is 12.8. The fourth-order valence-corrected chi connectivity index (χ4v) is 5.78. The first kappa shape index (κ1) is 17.6. The molecule has 0 spiro atoms. The molecule has 3 aromatic rings. The Kier molecular flexibility index (Phi) is 4.12. The third-order valence-corrected chi connectivity index (χ3v) is 7.86. The van der Waals surface area contributed by atoms with E-state index in [1.807, 2.05) is 13.0 Å². The number of sulfonamides is 1. The topological polar surface area (TPSA) is 106 Å². The van der Waals surface area contributed by atoms with Crippen molar-refractivity contribution in [1.29, 1.82) is 0 Å². The molecule has 3 heterocycles. The van der Waals surface area contributed by atoms with Crippen LogP contribution in [0.1, 0.15) is 35.7 Å². The third kappa shape index (κ3) is 3.03. The largest absolute Gasteiger partial charge is 0.299 e. The van der Waals surface area contributed by atoms with Crippen molar-refractivity contribution in [2.75, 3.05) is 11.0 Å². The van der Waals surface area contributed by atoms with Crippen LogP contribution >= 0.6 is 11.3 Å². The van der Waals surface area contributed by atoms with Crippen LogP contribution in [0.2, 0.25) is 0 Å². The van der Waals surface area contributed by atoms with Crippen molar-refractivity contribution >= 4 is 43.6 Å². The number of hydrogen-bond acceptors (Lipinski definition) is 7. The SMILES string of the molecule is Cc1cc(C2CC2)n2nc(S(=O)(=O)Nc3c(C)csc3S(C)=O)nc2n1. The zero-order valence-corrected chi connectivity index (χ0v) is 16.8. The van der Waals surface area contributed by atoms with Crippen molar-refractivity contribution in [3.63, 3.8) is 0 Å². The van der Waals surface area contributed by atoms with Crippen LogP contribution in [-0.4, -0.2) is 38.5 Å². The highest BCUT2D eigenvalue weighted by atomic mass is 32.2. The third-order valence-electron chi connectivity index (χ3n) is 4.12. The van der Waals surface area contributed by atoms with Crippen LogP contribution in [0.25, 0.3) is 5.78 Å². The van der Waals surface area contributed by atoms with Gasteiger partial charge in [-0.15, -0.1) is 16.4 Å². The van der Waals surface area contributed by atoms with Gasteiger partial charge < -0.3 is 0 Å². The fourth-order valence-electron chi connectivity index (χ4n) is 2.71. The van der Waals surface area contributed by atoms with E-state index < -0.39 is 20.8 Å². The summed E-state index contributed by atoms with van der Waals surface area (Å²) in [7, 11) is -5.32. The first-order valence-electron chi connectivity index (χ1n) is 7.95. The Morgan fingerprint density at radius 2 is 2.04 bits per heavy atom. The monoisotopic (exact) mass is 411 g/mol. The van der Waals surface area contributed by atoms with Crippen molar-refractivity contribution in [1.82, 2.24) is 19.6 Å². The Labute approximate surface area is 157 Å². The highest BCUT2D eigenvalue weighted by Crippen LogP contribution is 2.40. The Balaban J connectivity index is 1.78. The lowest BCUT2D eigenvalue weighted by Crippen LogP contribution is -2.16. The first-order chi connectivity index (χ1) is 12.3. The molecule has 8 nitrogen and oxygen atoms in total. The number of anilines is 1. The highest BCUT2D eigenvalue weighted by molar-refractivity contribution is 7.92. The lowest BCUT2D eigenvalue weighted by molar-refractivity contribution is 0.591. The maximum Gasteiger partial charge on any atom is 0.299 e. The summed E-state index contributed by atoms with van der Waals surface area (Å²) in [5.41, 5.74) is 2.76. The lowest BCUT2D eigenvalue weighted by atomic mass is 10.2. The van der Waals surface area contributed by atoms with E-state index in [2.05, 4.69) is 19.8 Å². The molecule has 1 aliphatic carbocycles. The van der Waals surface area contributed by atoms with Crippen molar-refractivity contribution in [3.05, 3.63) is 28.4 Å². The maximum atomic E-state index is 12.8. The van der Waals surface area contributed by atoms with Gasteiger partial charge in [-0.2, -0.15) is 17.9 Å². The second-order valence-electron chi connectivity index (χ2n) is 6.34. The van der Waals surface area contributed by atoms with Gasteiger partial charge >= 0.3 is 0 Å². The molecule has 1 unspecified atom stereocenters. The Morgan fingerprint density at radius 3 is 2.69 bits per heavy atom. The molecule has 0 amide bonds. The summed E-state index contributed by atoms with van der Waals surface area (Å²) in [6, 6.07) is 1.92. The van der Waals surface area contributed by atoms with Crippen LogP contribution < -0.4 is 4.72 Å². The summed E-state index contributed by atoms with van der Waals surface area (Å²) >= 11 is 1.26. The van der Waals surface area contributed by atoms with E-state index in [0.717, 1.165) is 24.2 Å². The number of hydrogen-bond donors (Lipinski definition) is 1. The minimum Gasteiger partial charge on any atom is -0.275 e. The molecule has 0 aliphatic heterocycles. The number of fused-ring (bicyclic) bond motifs is 1. The molecule has 1 saturated carbocycles. The van der Waals surface area contributed by atoms with Gasteiger partial charge in [-0.25, -0.2) is 4.98 Å². The molecule has 0 radical (unpaired) electrons. The molecular formula is C15H17N5O3S3. The predicted octanol–water partition coefficient (Wildman–Crippen LogP) is 2.22. The standard InChI is InChI=1S/C15H17N5O3S3/c1-8-7-24-13(25(3)21)12(8)19-26(22,23)15-17-14-16-9(2)6-11(10-4-5-10)20(14)18-15/h6-7,10,19H,4-5H2,1-3H3. The first-order valence-corrected chi connectivity index (χ1v) is 11.9. The Bertz CT molecular complexity index is 1140. The van der Waals surface area contributed by atoms with Gasteiger partial charge in [0.05, 0.1) is 22.2 Å². The second kappa shape index (κ2) is 6.10. The molecule has 0 aromatic carbocycles. The summed E-state index contributed by atoms with van der Waals surface area (Å²) in [5, 5.41) is 5.62. The van der Waals surface area contributed by atoms with Crippen LogP contribution in [0.5, 0.6) is 0 Å². The van der Waals surface area contributed by atoms with Gasteiger partial charge in [-0.1, -0.05) is 0 Å². The van der Waals surface area contributed by atoms with E-state index in [1.54, 1.807) is 12.3 Å². The number of thiophene rings is 1. The summed E-state index contributed by atoms with van der Waals surface area (Å²) in [6.45, 7) is 3.61. The van der Waals surface area contributed by atoms with E-state index in [1.165, 1.54) is 22.1 Å². The normalized spacial score (nSPS) is 16.1. The molecule has 26 heavy (non-hydrogen) atoms. The van der Waals surface area contributed by atoms with Gasteiger partial charge in [-0.05, 0) is 43.7 Å². The van der Waals surface area contributed by atoms with Crippen LogP contribution in [0, 0.1) is 13.8 Å². The molecule has 138 valence electrons. The lowest BCUT2D eigenvalue weighted by Gasteiger charge is -2.06. The molecule has 0 saturated heterocycles. The molecule has 3 aromatic heterocycles. The molecule has 1 N–H and O–H groups in total. The summed E-state index contributed by atoms with van der Waals surface area (Å²) in [5.74, 6) is 0.645. The summed E-state index contributed by atoms with van der Waals surface area (Å²) in [6.07, 6.45) is 3.62. The Hall–Kier alpha value is -1.85. The molecule has 11 heteroatoms. The van der Waals surface area contributed by atoms with Gasteiger partial charge in [0.15, 0.2) is 0 Å². The quantitative estimate of drug-likeness (QED) is 0.690. The van der Waals surface area contributed by atoms with Gasteiger partial charge in [0.25, 0.3) is 21.0 Å². The van der Waals surface area contributed by atoms with E-state index in [0.29, 0.717) is 21.4 Å². The fraction of sp³-hybridized carbons (Fsp3) is 0.400. The van der Waals surface area contributed by atoms with E-state index in [4.69, 9.17) is 0 Å². The van der Waals surface area contributed by atoms with E-state index >= 15 is 0 Å². The number of nitrogens with one attached hydrogen (secondary N) is 1. The van der Waals surface area contributed by atoms with E-state index in [9.17, 15) is 12.6 Å². The van der Waals surface area contributed by atoms with Crippen molar-refractivity contribution < 1.29 is 12.6 Å². The smallest absolute Gasteiger partial charge is 0.275 e. The zero-order chi connectivity index (χ0) is 18.6. The number of nitrogens with zero attached hydrogens (tertiary/aromatic N) is 4. The number of rotatable bonds is 5. The summed E-state index contributed by atoms with van der Waals surface area (Å²) < 4.78 is 41.9. The van der Waals surface area contributed by atoms with Gasteiger partial charge in [0.2, 0.25) is 0 Å². The van der Waals surface area contributed by atoms with Crippen molar-refractivity contribution in [3.8, 4) is 0 Å². The molecule has 1 aliphatic rings. The van der Waals surface area contributed by atoms with Crippen molar-refractivity contribution in [2.45, 2.75) is 42.0 Å². The van der Waals surface area contributed by atoms with Crippen LogP contribution in [0.3, 0.4) is 0 Å². The number of aromatic nitrogens is 4. The second-order valence-corrected chi connectivity index (χ2v) is 10.4. The average Bonchev–Trinajstić information content (AvgIpc) is 3.21. The summed E-state index contributed by atoms with van der Waals surface area (Å²) in [4.78, 5) is 8.41. The average molecular weight is 412 g/mol. The molecule has 0 bridgehead atoms.